The molecule has 51 heavy (non-hydrogen) atoms. The van der Waals surface area contributed by atoms with Gasteiger partial charge >= 0.3 is 18.1 Å². The molecule has 1 amide bonds. The number of likely N-dealkylation sites (tertiary alicyclic amines) is 1. The fraction of sp³-hybridized carbons (Fsp3) is 0.294. The van der Waals surface area contributed by atoms with Crippen molar-refractivity contribution in [2.45, 2.75) is 36.5 Å². The van der Waals surface area contributed by atoms with Gasteiger partial charge in [0.25, 0.3) is 0 Å². The van der Waals surface area contributed by atoms with Gasteiger partial charge in [-0.2, -0.15) is 13.2 Å². The summed E-state index contributed by atoms with van der Waals surface area (Å²) in [5, 5.41) is 4.21. The molecule has 3 atom stereocenters. The van der Waals surface area contributed by atoms with Crippen LogP contribution < -0.4 is 20.5 Å². The van der Waals surface area contributed by atoms with Crippen molar-refractivity contribution >= 4 is 50.0 Å². The van der Waals surface area contributed by atoms with Crippen LogP contribution in [-0.4, -0.2) is 68.8 Å². The maximum atomic E-state index is 15.9. The summed E-state index contributed by atoms with van der Waals surface area (Å²) in [6, 6.07) is 10.9. The van der Waals surface area contributed by atoms with Crippen LogP contribution in [0.3, 0.4) is 0 Å². The Morgan fingerprint density at radius 2 is 1.73 bits per heavy atom. The van der Waals surface area contributed by atoms with Gasteiger partial charge in [-0.05, 0) is 53.8 Å². The summed E-state index contributed by atoms with van der Waals surface area (Å²) >= 11 is 0. The number of amides is 1. The van der Waals surface area contributed by atoms with Crippen molar-refractivity contribution in [3.8, 4) is 11.5 Å². The van der Waals surface area contributed by atoms with Gasteiger partial charge in [0.2, 0.25) is 5.91 Å². The van der Waals surface area contributed by atoms with E-state index in [1.165, 1.54) is 57.7 Å². The van der Waals surface area contributed by atoms with Crippen LogP contribution in [0.15, 0.2) is 71.8 Å². The van der Waals surface area contributed by atoms with Gasteiger partial charge < -0.3 is 30.2 Å². The average Bonchev–Trinajstić information content (AvgIpc) is 3.55. The molecule has 2 heterocycles. The Hall–Kier alpha value is -5.45. The molecule has 1 fully saturated rings. The molecule has 1 aliphatic rings. The lowest BCUT2D eigenvalue weighted by molar-refractivity contribution is -0.203. The number of hydrogen-bond acceptors (Lipinski definition) is 11. The van der Waals surface area contributed by atoms with Gasteiger partial charge in [0.05, 0.1) is 36.8 Å². The molecule has 0 unspecified atom stereocenters. The first-order chi connectivity index (χ1) is 24.1. The smallest absolute Gasteiger partial charge is 0.491 e. The molecule has 4 aromatic rings. The third kappa shape index (κ3) is 7.38. The summed E-state index contributed by atoms with van der Waals surface area (Å²) in [6.07, 6.45) is -4.37. The minimum absolute atomic E-state index is 0.00789. The van der Waals surface area contributed by atoms with E-state index in [1.807, 2.05) is 0 Å². The maximum absolute atomic E-state index is 15.9. The summed E-state index contributed by atoms with van der Waals surface area (Å²) in [6.45, 7) is 1.04. The predicted molar refractivity (Wildman–Crippen MR) is 176 cm³/mol. The van der Waals surface area contributed by atoms with E-state index in [1.54, 1.807) is 24.3 Å². The van der Waals surface area contributed by atoms with Crippen molar-refractivity contribution in [1.29, 1.82) is 0 Å². The van der Waals surface area contributed by atoms with E-state index in [0.717, 1.165) is 11.0 Å². The summed E-state index contributed by atoms with van der Waals surface area (Å²) in [7, 11) is -1.46. The number of halogens is 4. The van der Waals surface area contributed by atoms with E-state index in [2.05, 4.69) is 15.0 Å². The quantitative estimate of drug-likeness (QED) is 0.126. The third-order valence-corrected chi connectivity index (χ3v) is 10.3. The number of nitrogens with two attached hydrogens (primary N) is 1. The Morgan fingerprint density at radius 1 is 1.04 bits per heavy atom. The second-order valence-corrected chi connectivity index (χ2v) is 13.7. The van der Waals surface area contributed by atoms with Gasteiger partial charge in [-0.15, -0.1) is 0 Å². The number of carbonyl (C=O) groups is 3. The van der Waals surface area contributed by atoms with Gasteiger partial charge in [0, 0.05) is 35.4 Å². The number of rotatable bonds is 10. The number of fused-ring (bicyclic) bond motifs is 1. The third-order valence-electron chi connectivity index (χ3n) is 8.53. The molecule has 12 nitrogen and oxygen atoms in total. The van der Waals surface area contributed by atoms with Crippen LogP contribution in [0, 0.1) is 11.7 Å². The fourth-order valence-electron chi connectivity index (χ4n) is 6.05. The van der Waals surface area contributed by atoms with Gasteiger partial charge in [0.1, 0.15) is 17.7 Å². The first kappa shape index (κ1) is 36.8. The first-order valence-electron chi connectivity index (χ1n) is 15.4. The van der Waals surface area contributed by atoms with Gasteiger partial charge in [-0.3, -0.25) is 9.59 Å². The minimum atomic E-state index is -5.51. The molecule has 0 spiro atoms. The number of anilines is 2. The summed E-state index contributed by atoms with van der Waals surface area (Å²) < 4.78 is 96.5. The van der Waals surface area contributed by atoms with Crippen LogP contribution >= 0.6 is 0 Å². The summed E-state index contributed by atoms with van der Waals surface area (Å²) in [5.74, 6) is -7.93. The highest BCUT2D eigenvalue weighted by Crippen LogP contribution is 2.44. The average molecular weight is 733 g/mol. The molecule has 0 bridgehead atoms. The number of carbonyl (C=O) groups excluding carboxylic acids is 3. The van der Waals surface area contributed by atoms with E-state index in [9.17, 15) is 36.0 Å². The molecule has 0 radical (unpaired) electrons. The van der Waals surface area contributed by atoms with Crippen molar-refractivity contribution in [2.75, 3.05) is 37.6 Å². The topological polar surface area (TPSA) is 167 Å². The lowest BCUT2D eigenvalue weighted by atomic mass is 9.93. The van der Waals surface area contributed by atoms with Crippen molar-refractivity contribution in [1.82, 2.24) is 9.88 Å². The molecular formula is C34H32F4N4O8S. The molecule has 0 saturated carbocycles. The number of nitrogens with zero attached hydrogens (tertiary/aromatic N) is 2. The molecule has 270 valence electrons. The molecule has 3 N–H and O–H groups in total. The number of hydrogen-bond donors (Lipinski definition) is 2. The van der Waals surface area contributed by atoms with E-state index >= 15 is 4.39 Å². The van der Waals surface area contributed by atoms with Gasteiger partial charge in [-0.25, -0.2) is 22.6 Å². The Bertz CT molecular complexity index is 2110. The number of esters is 2. The first-order valence-corrected chi connectivity index (χ1v) is 17.0. The normalized spacial score (nSPS) is 16.8. The standard InChI is InChI=1S/C34H32F4N4O8S/c1-4-51(46,47)27-8-6-5-7-21(27)29-22(32(44)50-33(45)34(36,37)38)12-14-42(29)31(43)28(23-16-25(48-2)26(49-3)17-24(23)35)41-19-9-10-20-18(15-19)11-13-40-30(20)39/h5-11,13,15-17,22,28-29,41H,4,12,14H2,1-3H3,(H2,39,40)/t22-,28+,29-/m0/s1. The maximum Gasteiger partial charge on any atom is 0.491 e. The second-order valence-electron chi connectivity index (χ2n) is 11.5. The molecule has 1 aliphatic heterocycles. The van der Waals surface area contributed by atoms with Crippen LogP contribution in [0.25, 0.3) is 10.8 Å². The molecule has 3 aromatic carbocycles. The number of benzene rings is 3. The monoisotopic (exact) mass is 732 g/mol. The summed E-state index contributed by atoms with van der Waals surface area (Å²) in [5.41, 5.74) is 5.94. The predicted octanol–water partition coefficient (Wildman–Crippen LogP) is 5.14. The van der Waals surface area contributed by atoms with Gasteiger partial charge in [0.15, 0.2) is 21.3 Å². The number of methoxy groups -OCH3 is 2. The van der Waals surface area contributed by atoms with Crippen LogP contribution in [0.1, 0.15) is 36.6 Å². The number of alkyl halides is 3. The number of aromatic nitrogens is 1. The van der Waals surface area contributed by atoms with E-state index in [-0.39, 0.29) is 46.3 Å². The Kier molecular flexibility index (Phi) is 10.4. The van der Waals surface area contributed by atoms with Gasteiger partial charge in [-0.1, -0.05) is 25.1 Å². The SMILES string of the molecule is CCS(=O)(=O)c1ccccc1[C@H]1[C@@H](C(=O)OC(=O)C(F)(F)F)CCN1C(=O)[C@H](Nc1ccc2c(N)nccc2c1)c1cc(OC)c(OC)cc1F. The highest BCUT2D eigenvalue weighted by atomic mass is 32.2. The van der Waals surface area contributed by atoms with E-state index in [4.69, 9.17) is 15.2 Å². The van der Waals surface area contributed by atoms with Crippen molar-refractivity contribution in [3.63, 3.8) is 0 Å². The zero-order chi connectivity index (χ0) is 37.2. The number of pyridine rings is 1. The highest BCUT2D eigenvalue weighted by Gasteiger charge is 2.49. The second kappa shape index (κ2) is 14.4. The van der Waals surface area contributed by atoms with Crippen LogP contribution in [0.5, 0.6) is 11.5 Å². The Morgan fingerprint density at radius 3 is 2.39 bits per heavy atom. The molecule has 1 saturated heterocycles. The van der Waals surface area contributed by atoms with Crippen LogP contribution in [0.2, 0.25) is 0 Å². The van der Waals surface area contributed by atoms with Crippen molar-refractivity contribution in [2.24, 2.45) is 5.92 Å². The number of sulfone groups is 1. The van der Waals surface area contributed by atoms with Crippen LogP contribution in [0.4, 0.5) is 29.1 Å². The van der Waals surface area contributed by atoms with Crippen LogP contribution in [-0.2, 0) is 29.0 Å². The van der Waals surface area contributed by atoms with E-state index in [0.29, 0.717) is 16.5 Å². The largest absolute Gasteiger partial charge is 0.493 e. The zero-order valence-electron chi connectivity index (χ0n) is 27.4. The van der Waals surface area contributed by atoms with Crippen molar-refractivity contribution < 1.29 is 54.6 Å². The molecular weight excluding hydrogens is 700 g/mol. The Balaban J connectivity index is 1.67. The molecule has 5 rings (SSSR count). The number of ether oxygens (including phenoxy) is 3. The molecule has 0 aliphatic carbocycles. The molecule has 17 heteroatoms. The highest BCUT2D eigenvalue weighted by molar-refractivity contribution is 7.91. The Labute approximate surface area is 289 Å². The minimum Gasteiger partial charge on any atom is -0.493 e. The number of nitrogens with one attached hydrogen (secondary N) is 1. The lowest BCUT2D eigenvalue weighted by Crippen LogP contribution is -2.41. The summed E-state index contributed by atoms with van der Waals surface area (Å²) in [4.78, 5) is 44.5. The fourth-order valence-corrected chi connectivity index (χ4v) is 7.19. The lowest BCUT2D eigenvalue weighted by Gasteiger charge is -2.33. The van der Waals surface area contributed by atoms with Crippen molar-refractivity contribution in [3.05, 3.63) is 83.8 Å². The van der Waals surface area contributed by atoms with E-state index < -0.39 is 63.4 Å². The molecule has 1 aromatic heterocycles. The number of nitrogen functional groups attached to an aromatic ring is 1. The zero-order valence-corrected chi connectivity index (χ0v) is 28.2.